The molecule has 0 aliphatic rings. The van der Waals surface area contributed by atoms with Gasteiger partial charge >= 0.3 is 18.0 Å². The Kier molecular flexibility index (Phi) is 6.02. The van der Waals surface area contributed by atoms with Crippen molar-refractivity contribution in [3.05, 3.63) is 35.9 Å². The van der Waals surface area contributed by atoms with Crippen LogP contribution in [0.1, 0.15) is 12.0 Å². The number of carbonyl (C=O) groups is 3. The fourth-order valence-corrected chi connectivity index (χ4v) is 1.55. The van der Waals surface area contributed by atoms with E-state index in [1.807, 2.05) is 30.3 Å². The monoisotopic (exact) mass is 280 g/mol. The third-order valence-electron chi connectivity index (χ3n) is 2.52. The molecular formula is C13H16N2O5. The van der Waals surface area contributed by atoms with E-state index in [1.165, 1.54) is 0 Å². The number of carboxylic acids is 2. The van der Waals surface area contributed by atoms with Crippen LogP contribution in [0.4, 0.5) is 4.79 Å². The van der Waals surface area contributed by atoms with Crippen LogP contribution in [-0.2, 0) is 16.0 Å². The van der Waals surface area contributed by atoms with Crippen molar-refractivity contribution in [1.29, 1.82) is 0 Å². The second-order valence-corrected chi connectivity index (χ2v) is 4.12. The molecule has 7 nitrogen and oxygen atoms in total. The maximum Gasteiger partial charge on any atom is 0.326 e. The summed E-state index contributed by atoms with van der Waals surface area (Å²) in [5.41, 5.74) is 1.04. The minimum atomic E-state index is -1.44. The smallest absolute Gasteiger partial charge is 0.326 e. The van der Waals surface area contributed by atoms with E-state index in [2.05, 4.69) is 10.6 Å². The average molecular weight is 280 g/mol. The Morgan fingerprint density at radius 2 is 1.75 bits per heavy atom. The molecule has 0 spiro atoms. The molecule has 1 rings (SSSR count). The first-order valence-corrected chi connectivity index (χ1v) is 6.02. The lowest BCUT2D eigenvalue weighted by molar-refractivity contribution is -0.145. The van der Waals surface area contributed by atoms with Crippen molar-refractivity contribution in [1.82, 2.24) is 10.6 Å². The molecule has 0 aliphatic heterocycles. The Balaban J connectivity index is 2.35. The van der Waals surface area contributed by atoms with Crippen LogP contribution in [0.2, 0.25) is 0 Å². The lowest BCUT2D eigenvalue weighted by Crippen LogP contribution is -2.47. The first-order valence-electron chi connectivity index (χ1n) is 6.02. The van der Waals surface area contributed by atoms with Crippen molar-refractivity contribution in [2.75, 3.05) is 6.54 Å². The molecule has 1 atom stereocenters. The molecule has 0 bridgehead atoms. The van der Waals surface area contributed by atoms with E-state index in [0.717, 1.165) is 5.56 Å². The molecule has 1 aromatic carbocycles. The quantitative estimate of drug-likeness (QED) is 0.579. The maximum atomic E-state index is 11.5. The third kappa shape index (κ3) is 5.85. The molecule has 0 saturated carbocycles. The first-order chi connectivity index (χ1) is 9.49. The highest BCUT2D eigenvalue weighted by Crippen LogP contribution is 1.98. The SMILES string of the molecule is O=C(O)CC(NC(=O)NCCc1ccccc1)C(=O)O. The summed E-state index contributed by atoms with van der Waals surface area (Å²) in [6, 6.07) is 7.31. The van der Waals surface area contributed by atoms with Crippen molar-refractivity contribution >= 4 is 18.0 Å². The summed E-state index contributed by atoms with van der Waals surface area (Å²) in [5.74, 6) is -2.67. The van der Waals surface area contributed by atoms with E-state index in [0.29, 0.717) is 13.0 Å². The minimum Gasteiger partial charge on any atom is -0.481 e. The van der Waals surface area contributed by atoms with Gasteiger partial charge in [-0.3, -0.25) is 4.79 Å². The molecule has 2 amide bonds. The van der Waals surface area contributed by atoms with Gasteiger partial charge in [0.15, 0.2) is 0 Å². The van der Waals surface area contributed by atoms with Crippen LogP contribution in [0.3, 0.4) is 0 Å². The molecule has 0 saturated heterocycles. The summed E-state index contributed by atoms with van der Waals surface area (Å²) in [6.45, 7) is 0.329. The van der Waals surface area contributed by atoms with Gasteiger partial charge in [0.25, 0.3) is 0 Å². The van der Waals surface area contributed by atoms with Crippen LogP contribution in [-0.4, -0.2) is 40.8 Å². The van der Waals surface area contributed by atoms with Crippen molar-refractivity contribution in [3.8, 4) is 0 Å². The molecule has 0 heterocycles. The van der Waals surface area contributed by atoms with Gasteiger partial charge in [-0.1, -0.05) is 30.3 Å². The van der Waals surface area contributed by atoms with E-state index in [-0.39, 0.29) is 0 Å². The predicted molar refractivity (Wildman–Crippen MR) is 70.4 cm³/mol. The molecule has 1 aromatic rings. The van der Waals surface area contributed by atoms with Crippen molar-refractivity contribution in [3.63, 3.8) is 0 Å². The Hall–Kier alpha value is -2.57. The average Bonchev–Trinajstić information content (AvgIpc) is 2.38. The van der Waals surface area contributed by atoms with Gasteiger partial charge in [0.05, 0.1) is 6.42 Å². The molecule has 7 heteroatoms. The summed E-state index contributed by atoms with van der Waals surface area (Å²) in [4.78, 5) is 32.7. The highest BCUT2D eigenvalue weighted by molar-refractivity contribution is 5.86. The molecule has 0 aliphatic carbocycles. The van der Waals surface area contributed by atoms with Crippen molar-refractivity contribution in [2.24, 2.45) is 0 Å². The van der Waals surface area contributed by atoms with Crippen LogP contribution < -0.4 is 10.6 Å². The highest BCUT2D eigenvalue weighted by Gasteiger charge is 2.22. The Bertz CT molecular complexity index is 475. The molecule has 0 aromatic heterocycles. The fourth-order valence-electron chi connectivity index (χ4n) is 1.55. The lowest BCUT2D eigenvalue weighted by Gasteiger charge is -2.13. The van der Waals surface area contributed by atoms with Crippen molar-refractivity contribution < 1.29 is 24.6 Å². The number of aliphatic carboxylic acids is 2. The number of rotatable bonds is 7. The molecular weight excluding hydrogens is 264 g/mol. The zero-order valence-electron chi connectivity index (χ0n) is 10.7. The molecule has 1 unspecified atom stereocenters. The summed E-state index contributed by atoms with van der Waals surface area (Å²) < 4.78 is 0. The third-order valence-corrected chi connectivity index (χ3v) is 2.52. The summed E-state index contributed by atoms with van der Waals surface area (Å²) in [7, 11) is 0. The lowest BCUT2D eigenvalue weighted by atomic mass is 10.1. The fraction of sp³-hybridized carbons (Fsp3) is 0.308. The van der Waals surface area contributed by atoms with Crippen molar-refractivity contribution in [2.45, 2.75) is 18.9 Å². The zero-order valence-corrected chi connectivity index (χ0v) is 10.7. The van der Waals surface area contributed by atoms with E-state index >= 15 is 0 Å². The number of amides is 2. The molecule has 108 valence electrons. The molecule has 0 radical (unpaired) electrons. The zero-order chi connectivity index (χ0) is 15.0. The van der Waals surface area contributed by atoms with Crippen LogP contribution in [0, 0.1) is 0 Å². The van der Waals surface area contributed by atoms with Crippen LogP contribution in [0.15, 0.2) is 30.3 Å². The number of benzene rings is 1. The highest BCUT2D eigenvalue weighted by atomic mass is 16.4. The van der Waals surface area contributed by atoms with E-state index < -0.39 is 30.4 Å². The van der Waals surface area contributed by atoms with Gasteiger partial charge in [-0.05, 0) is 12.0 Å². The van der Waals surface area contributed by atoms with Gasteiger partial charge in [-0.15, -0.1) is 0 Å². The van der Waals surface area contributed by atoms with Gasteiger partial charge in [0.2, 0.25) is 0 Å². The Labute approximate surface area is 115 Å². The van der Waals surface area contributed by atoms with E-state index in [4.69, 9.17) is 10.2 Å². The summed E-state index contributed by atoms with van der Waals surface area (Å²) >= 11 is 0. The van der Waals surface area contributed by atoms with E-state index in [1.54, 1.807) is 0 Å². The molecule has 20 heavy (non-hydrogen) atoms. The predicted octanol–water partition coefficient (Wildman–Crippen LogP) is 0.456. The Morgan fingerprint density at radius 1 is 1.10 bits per heavy atom. The standard InChI is InChI=1S/C13H16N2O5/c16-11(17)8-10(12(18)19)15-13(20)14-7-6-9-4-2-1-3-5-9/h1-5,10H,6-8H2,(H,16,17)(H,18,19)(H2,14,15,20). The van der Waals surface area contributed by atoms with Crippen LogP contribution >= 0.6 is 0 Å². The molecule has 4 N–H and O–H groups in total. The summed E-state index contributed by atoms with van der Waals surface area (Å²) in [6.07, 6.45) is -0.0631. The van der Waals surface area contributed by atoms with Gasteiger partial charge in [0.1, 0.15) is 6.04 Å². The number of carboxylic acid groups (broad SMARTS) is 2. The normalized spacial score (nSPS) is 11.4. The number of urea groups is 1. The first kappa shape index (κ1) is 15.5. The van der Waals surface area contributed by atoms with Gasteiger partial charge < -0.3 is 20.8 Å². The summed E-state index contributed by atoms with van der Waals surface area (Å²) in [5, 5.41) is 21.9. The number of nitrogens with one attached hydrogen (secondary N) is 2. The number of carbonyl (C=O) groups excluding carboxylic acids is 1. The number of hydrogen-bond acceptors (Lipinski definition) is 3. The van der Waals surface area contributed by atoms with E-state index in [9.17, 15) is 14.4 Å². The van der Waals surface area contributed by atoms with Crippen LogP contribution in [0.5, 0.6) is 0 Å². The van der Waals surface area contributed by atoms with Gasteiger partial charge in [0, 0.05) is 6.54 Å². The van der Waals surface area contributed by atoms with Gasteiger partial charge in [-0.2, -0.15) is 0 Å². The Morgan fingerprint density at radius 3 is 2.30 bits per heavy atom. The molecule has 0 fully saturated rings. The van der Waals surface area contributed by atoms with Crippen LogP contribution in [0.25, 0.3) is 0 Å². The maximum absolute atomic E-state index is 11.5. The second-order valence-electron chi connectivity index (χ2n) is 4.12. The van der Waals surface area contributed by atoms with Gasteiger partial charge in [-0.25, -0.2) is 9.59 Å². The largest absolute Gasteiger partial charge is 0.481 e. The number of hydrogen-bond donors (Lipinski definition) is 4. The topological polar surface area (TPSA) is 116 Å². The minimum absolute atomic E-state index is 0.329. The second kappa shape index (κ2) is 7.78.